The number of nitrogens with zero attached hydrogens (tertiary/aromatic N) is 2. The summed E-state index contributed by atoms with van der Waals surface area (Å²) in [6.07, 6.45) is 0. The molecule has 0 aliphatic carbocycles. The third-order valence-corrected chi connectivity index (χ3v) is 5.55. The van der Waals surface area contributed by atoms with Crippen molar-refractivity contribution in [1.82, 2.24) is 14.6 Å². The predicted octanol–water partition coefficient (Wildman–Crippen LogP) is 4.06. The van der Waals surface area contributed by atoms with Crippen LogP contribution >= 0.6 is 23.3 Å². The van der Waals surface area contributed by atoms with E-state index < -0.39 is 0 Å². The van der Waals surface area contributed by atoms with Crippen LogP contribution in [0.15, 0.2) is 58.8 Å². The highest BCUT2D eigenvalue weighted by Crippen LogP contribution is 2.27. The molecule has 0 aliphatic heterocycles. The van der Waals surface area contributed by atoms with Gasteiger partial charge in [-0.2, -0.15) is 0 Å². The second-order valence-corrected chi connectivity index (χ2v) is 8.76. The van der Waals surface area contributed by atoms with Crippen LogP contribution in [0, 0.1) is 6.92 Å². The van der Waals surface area contributed by atoms with Crippen LogP contribution < -0.4 is 10.6 Å². The summed E-state index contributed by atoms with van der Waals surface area (Å²) in [5, 5.41) is 7.80. The fourth-order valence-corrected chi connectivity index (χ4v) is 4.11. The minimum atomic E-state index is -0.317. The molecule has 3 aromatic rings. The summed E-state index contributed by atoms with van der Waals surface area (Å²) in [4.78, 5) is 30.0. The van der Waals surface area contributed by atoms with Crippen molar-refractivity contribution in [3.8, 4) is 11.3 Å². The van der Waals surface area contributed by atoms with Gasteiger partial charge in [-0.3, -0.25) is 13.9 Å². The number of carbonyl (C=O) groups is 2. The zero-order valence-corrected chi connectivity index (χ0v) is 18.1. The number of anilines is 1. The molecule has 0 saturated heterocycles. The maximum Gasteiger partial charge on any atom is 0.251 e. The highest BCUT2D eigenvalue weighted by molar-refractivity contribution is 7.97. The number of hydrogen-bond donors (Lipinski definition) is 2. The number of rotatable bonds is 7. The molecule has 29 heavy (non-hydrogen) atoms. The molecule has 2 aromatic carbocycles. The molecule has 2 amide bonds. The number of hydrogen-bond acceptors (Lipinski definition) is 6. The minimum absolute atomic E-state index is 0.122. The summed E-state index contributed by atoms with van der Waals surface area (Å²) in [5.74, 6) is -0.607. The van der Waals surface area contributed by atoms with Gasteiger partial charge in [0.25, 0.3) is 5.91 Å². The number of thiazole rings is 1. The smallest absolute Gasteiger partial charge is 0.251 e. The summed E-state index contributed by atoms with van der Waals surface area (Å²) in [6.45, 7) is 1.90. The van der Waals surface area contributed by atoms with E-state index in [1.54, 1.807) is 12.1 Å². The first-order valence-electron chi connectivity index (χ1n) is 8.97. The summed E-state index contributed by atoms with van der Waals surface area (Å²) >= 11 is 2.88. The van der Waals surface area contributed by atoms with Gasteiger partial charge >= 0.3 is 0 Å². The van der Waals surface area contributed by atoms with Crippen LogP contribution in [0.3, 0.4) is 0 Å². The van der Waals surface area contributed by atoms with E-state index in [-0.39, 0.29) is 18.4 Å². The normalized spacial score (nSPS) is 10.8. The Balaban J connectivity index is 1.55. The highest BCUT2D eigenvalue weighted by Gasteiger charge is 2.12. The van der Waals surface area contributed by atoms with E-state index in [2.05, 4.69) is 15.6 Å². The van der Waals surface area contributed by atoms with E-state index in [1.807, 2.05) is 67.1 Å². The van der Waals surface area contributed by atoms with Gasteiger partial charge in [0.05, 0.1) is 12.2 Å². The standard InChI is InChI=1S/C21H22N4O2S2/c1-14-7-4-5-10-17(14)18-13-28-21(23-18)24-19(26)12-22-20(27)15-8-6-9-16(11-15)29-25(2)3/h4-11,13H,12H2,1-3H3,(H,22,27)(H,23,24,26). The van der Waals surface area contributed by atoms with Gasteiger partial charge in [0.1, 0.15) is 0 Å². The largest absolute Gasteiger partial charge is 0.343 e. The SMILES string of the molecule is Cc1ccccc1-c1csc(NC(=O)CNC(=O)c2cccc(SN(C)C)c2)n1. The third kappa shape index (κ3) is 5.90. The Kier molecular flexibility index (Phi) is 7.03. The predicted molar refractivity (Wildman–Crippen MR) is 119 cm³/mol. The van der Waals surface area contributed by atoms with E-state index >= 15 is 0 Å². The van der Waals surface area contributed by atoms with Crippen LogP contribution in [-0.2, 0) is 4.79 Å². The first kappa shape index (κ1) is 21.0. The summed E-state index contributed by atoms with van der Waals surface area (Å²) in [7, 11) is 3.87. The Labute approximate surface area is 178 Å². The molecule has 1 aromatic heterocycles. The molecular formula is C21H22N4O2S2. The number of carbonyl (C=O) groups excluding carboxylic acids is 2. The van der Waals surface area contributed by atoms with Crippen molar-refractivity contribution in [2.75, 3.05) is 26.0 Å². The van der Waals surface area contributed by atoms with Gasteiger partial charge in [-0.15, -0.1) is 11.3 Å². The van der Waals surface area contributed by atoms with E-state index in [4.69, 9.17) is 0 Å². The first-order valence-corrected chi connectivity index (χ1v) is 10.6. The Bertz CT molecular complexity index is 1020. The maximum atomic E-state index is 12.3. The van der Waals surface area contributed by atoms with Crippen molar-refractivity contribution in [2.24, 2.45) is 0 Å². The van der Waals surface area contributed by atoms with E-state index in [1.165, 1.54) is 23.3 Å². The van der Waals surface area contributed by atoms with Gasteiger partial charge < -0.3 is 10.6 Å². The number of aryl methyl sites for hydroxylation is 1. The van der Waals surface area contributed by atoms with Gasteiger partial charge in [-0.05, 0) is 56.7 Å². The van der Waals surface area contributed by atoms with Crippen LogP contribution in [0.5, 0.6) is 0 Å². The molecule has 0 radical (unpaired) electrons. The Morgan fingerprint density at radius 2 is 1.93 bits per heavy atom. The van der Waals surface area contributed by atoms with Gasteiger partial charge in [0.15, 0.2) is 5.13 Å². The molecule has 8 heteroatoms. The molecule has 1 heterocycles. The van der Waals surface area contributed by atoms with Gasteiger partial charge in [0.2, 0.25) is 5.91 Å². The molecular weight excluding hydrogens is 404 g/mol. The lowest BCUT2D eigenvalue weighted by Gasteiger charge is -2.10. The molecule has 0 atom stereocenters. The average molecular weight is 427 g/mol. The maximum absolute atomic E-state index is 12.3. The van der Waals surface area contributed by atoms with Crippen LogP contribution in [0.2, 0.25) is 0 Å². The zero-order chi connectivity index (χ0) is 20.8. The third-order valence-electron chi connectivity index (χ3n) is 3.97. The van der Waals surface area contributed by atoms with Crippen LogP contribution in [-0.4, -0.2) is 41.7 Å². The van der Waals surface area contributed by atoms with Gasteiger partial charge in [-0.1, -0.05) is 30.3 Å². The topological polar surface area (TPSA) is 74.3 Å². The molecule has 0 aliphatic rings. The molecule has 0 fully saturated rings. The van der Waals surface area contributed by atoms with Crippen LogP contribution in [0.25, 0.3) is 11.3 Å². The van der Waals surface area contributed by atoms with Crippen molar-refractivity contribution in [3.63, 3.8) is 0 Å². The second-order valence-electron chi connectivity index (χ2n) is 6.52. The lowest BCUT2D eigenvalue weighted by molar-refractivity contribution is -0.115. The molecule has 0 unspecified atom stereocenters. The summed E-state index contributed by atoms with van der Waals surface area (Å²) in [5.41, 5.74) is 3.49. The van der Waals surface area contributed by atoms with Gasteiger partial charge in [0, 0.05) is 21.4 Å². The monoisotopic (exact) mass is 426 g/mol. The van der Waals surface area contributed by atoms with Crippen molar-refractivity contribution < 1.29 is 9.59 Å². The molecule has 3 rings (SSSR count). The molecule has 2 N–H and O–H groups in total. The van der Waals surface area contributed by atoms with Gasteiger partial charge in [-0.25, -0.2) is 4.98 Å². The number of benzene rings is 2. The first-order chi connectivity index (χ1) is 13.9. The van der Waals surface area contributed by atoms with Crippen LogP contribution in [0.4, 0.5) is 5.13 Å². The molecule has 0 spiro atoms. The van der Waals surface area contributed by atoms with E-state index in [0.717, 1.165) is 21.7 Å². The van der Waals surface area contributed by atoms with Crippen molar-refractivity contribution in [2.45, 2.75) is 11.8 Å². The highest BCUT2D eigenvalue weighted by atomic mass is 32.2. The van der Waals surface area contributed by atoms with E-state index in [0.29, 0.717) is 10.7 Å². The molecule has 6 nitrogen and oxygen atoms in total. The summed E-state index contributed by atoms with van der Waals surface area (Å²) < 4.78 is 1.95. The van der Waals surface area contributed by atoms with Crippen molar-refractivity contribution in [3.05, 3.63) is 65.0 Å². The number of aromatic nitrogens is 1. The Morgan fingerprint density at radius 1 is 1.14 bits per heavy atom. The molecule has 150 valence electrons. The average Bonchev–Trinajstić information content (AvgIpc) is 3.14. The number of amides is 2. The Hall–Kier alpha value is -2.68. The minimum Gasteiger partial charge on any atom is -0.343 e. The fourth-order valence-electron chi connectivity index (χ4n) is 2.65. The fraction of sp³-hybridized carbons (Fsp3) is 0.190. The van der Waals surface area contributed by atoms with Crippen molar-refractivity contribution >= 4 is 40.2 Å². The Morgan fingerprint density at radius 3 is 2.69 bits per heavy atom. The van der Waals surface area contributed by atoms with Crippen LogP contribution in [0.1, 0.15) is 15.9 Å². The molecule has 0 saturated carbocycles. The lowest BCUT2D eigenvalue weighted by atomic mass is 10.1. The van der Waals surface area contributed by atoms with E-state index in [9.17, 15) is 9.59 Å². The zero-order valence-electron chi connectivity index (χ0n) is 16.4. The lowest BCUT2D eigenvalue weighted by Crippen LogP contribution is -2.32. The number of nitrogens with one attached hydrogen (secondary N) is 2. The van der Waals surface area contributed by atoms with Crippen molar-refractivity contribution in [1.29, 1.82) is 0 Å². The second kappa shape index (κ2) is 9.69. The summed E-state index contributed by atoms with van der Waals surface area (Å²) in [6, 6.07) is 15.2. The quantitative estimate of drug-likeness (QED) is 0.558. The molecule has 0 bridgehead atoms.